The van der Waals surface area contributed by atoms with E-state index in [1.54, 1.807) is 48.8 Å². The van der Waals surface area contributed by atoms with Gasteiger partial charge in [-0.1, -0.05) is 30.3 Å². The minimum absolute atomic E-state index is 0.216. The van der Waals surface area contributed by atoms with Gasteiger partial charge in [-0.15, -0.1) is 0 Å². The van der Waals surface area contributed by atoms with Gasteiger partial charge in [0.25, 0.3) is 0 Å². The highest BCUT2D eigenvalue weighted by atomic mass is 32.2. The number of pyridine rings is 1. The van der Waals surface area contributed by atoms with E-state index in [4.69, 9.17) is 10.00 Å². The maximum absolute atomic E-state index is 12.3. The van der Waals surface area contributed by atoms with Crippen molar-refractivity contribution in [1.29, 1.82) is 5.26 Å². The van der Waals surface area contributed by atoms with Gasteiger partial charge in [0.15, 0.2) is 9.84 Å². The largest absolute Gasteiger partial charge is 0.489 e. The maximum atomic E-state index is 12.3. The van der Waals surface area contributed by atoms with Crippen LogP contribution < -0.4 is 10.1 Å². The maximum Gasteiger partial charge on any atom is 0.235 e. The van der Waals surface area contributed by atoms with Gasteiger partial charge in [-0.3, -0.25) is 9.78 Å². The molecule has 3 aromatic rings. The topological polar surface area (TPSA) is 109 Å². The average molecular weight is 436 g/mol. The quantitative estimate of drug-likeness (QED) is 0.554. The molecule has 0 atom stereocenters. The van der Waals surface area contributed by atoms with Crippen LogP contribution >= 0.6 is 0 Å². The SMILES string of the molecule is N#Cc1ccc(CS(=O)(=O)CC(=O)NCc2ccc(OCc3cccnc3)cc2)cc1. The molecule has 0 saturated carbocycles. The van der Waals surface area contributed by atoms with Crippen molar-refractivity contribution >= 4 is 15.7 Å². The summed E-state index contributed by atoms with van der Waals surface area (Å²) in [5.41, 5.74) is 2.77. The summed E-state index contributed by atoms with van der Waals surface area (Å²) in [5, 5.41) is 11.4. The Kier molecular flexibility index (Phi) is 7.35. The van der Waals surface area contributed by atoms with E-state index in [-0.39, 0.29) is 12.3 Å². The fourth-order valence-corrected chi connectivity index (χ4v) is 4.09. The molecule has 0 aliphatic heterocycles. The highest BCUT2D eigenvalue weighted by Crippen LogP contribution is 2.14. The molecule has 1 aromatic heterocycles. The molecule has 0 fully saturated rings. The number of benzene rings is 2. The minimum atomic E-state index is -3.62. The summed E-state index contributed by atoms with van der Waals surface area (Å²) in [7, 11) is -3.62. The van der Waals surface area contributed by atoms with Gasteiger partial charge in [-0.05, 0) is 41.5 Å². The van der Waals surface area contributed by atoms with Crippen molar-refractivity contribution in [2.75, 3.05) is 5.75 Å². The highest BCUT2D eigenvalue weighted by Gasteiger charge is 2.17. The Morgan fingerprint density at radius 3 is 2.35 bits per heavy atom. The molecule has 0 spiro atoms. The van der Waals surface area contributed by atoms with Gasteiger partial charge >= 0.3 is 0 Å². The van der Waals surface area contributed by atoms with Gasteiger partial charge in [-0.25, -0.2) is 8.42 Å². The number of nitriles is 1. The Balaban J connectivity index is 1.45. The van der Waals surface area contributed by atoms with Crippen LogP contribution in [0.3, 0.4) is 0 Å². The molecule has 31 heavy (non-hydrogen) atoms. The van der Waals surface area contributed by atoms with Gasteiger partial charge in [0.1, 0.15) is 18.1 Å². The summed E-state index contributed by atoms with van der Waals surface area (Å²) in [4.78, 5) is 16.1. The van der Waals surface area contributed by atoms with E-state index in [0.717, 1.165) is 11.1 Å². The van der Waals surface area contributed by atoms with Crippen LogP contribution in [-0.2, 0) is 33.5 Å². The number of carbonyl (C=O) groups is 1. The molecule has 1 heterocycles. The van der Waals surface area contributed by atoms with Gasteiger partial charge in [0.2, 0.25) is 5.91 Å². The molecule has 0 unspecified atom stereocenters. The average Bonchev–Trinajstić information content (AvgIpc) is 2.77. The Morgan fingerprint density at radius 1 is 1.00 bits per heavy atom. The van der Waals surface area contributed by atoms with Crippen molar-refractivity contribution in [2.45, 2.75) is 18.9 Å². The van der Waals surface area contributed by atoms with Crippen LogP contribution in [0, 0.1) is 11.3 Å². The highest BCUT2D eigenvalue weighted by molar-refractivity contribution is 7.91. The molecule has 8 heteroatoms. The summed E-state index contributed by atoms with van der Waals surface area (Å²) >= 11 is 0. The van der Waals surface area contributed by atoms with Gasteiger partial charge in [0.05, 0.1) is 17.4 Å². The van der Waals surface area contributed by atoms with Crippen molar-refractivity contribution in [3.63, 3.8) is 0 Å². The Labute approximate surface area is 181 Å². The van der Waals surface area contributed by atoms with Gasteiger partial charge in [0, 0.05) is 24.5 Å². The molecule has 0 saturated heterocycles. The van der Waals surface area contributed by atoms with Crippen LogP contribution in [0.5, 0.6) is 5.75 Å². The Bertz CT molecular complexity index is 1150. The first-order valence-electron chi connectivity index (χ1n) is 9.50. The van der Waals surface area contributed by atoms with Gasteiger partial charge < -0.3 is 10.1 Å². The summed E-state index contributed by atoms with van der Waals surface area (Å²) < 4.78 is 30.2. The fourth-order valence-electron chi connectivity index (χ4n) is 2.79. The number of sulfone groups is 1. The molecule has 7 nitrogen and oxygen atoms in total. The van der Waals surface area contributed by atoms with E-state index in [2.05, 4.69) is 10.3 Å². The summed E-state index contributed by atoms with van der Waals surface area (Å²) in [6, 6.07) is 19.2. The number of aromatic nitrogens is 1. The van der Waals surface area contributed by atoms with Crippen LogP contribution in [0.2, 0.25) is 0 Å². The third kappa shape index (κ3) is 7.24. The number of amides is 1. The van der Waals surface area contributed by atoms with Crippen molar-refractivity contribution in [2.24, 2.45) is 0 Å². The first-order chi connectivity index (χ1) is 14.9. The van der Waals surface area contributed by atoms with Crippen LogP contribution in [0.15, 0.2) is 73.1 Å². The molecule has 2 aromatic carbocycles. The standard InChI is InChI=1S/C23H21N3O4S/c24-12-18-3-5-20(6-4-18)16-31(28,29)17-23(27)26-14-19-7-9-22(10-8-19)30-15-21-2-1-11-25-13-21/h1-11,13H,14-17H2,(H,26,27). The zero-order chi connectivity index (χ0) is 22.1. The molecule has 0 bridgehead atoms. The van der Waals surface area contributed by atoms with Crippen LogP contribution in [-0.4, -0.2) is 25.1 Å². The van der Waals surface area contributed by atoms with Gasteiger partial charge in [-0.2, -0.15) is 5.26 Å². The molecular formula is C23H21N3O4S. The van der Waals surface area contributed by atoms with Crippen molar-refractivity contribution in [1.82, 2.24) is 10.3 Å². The number of nitrogens with one attached hydrogen (secondary N) is 1. The lowest BCUT2D eigenvalue weighted by molar-refractivity contribution is -0.118. The van der Waals surface area contributed by atoms with E-state index >= 15 is 0 Å². The predicted molar refractivity (Wildman–Crippen MR) is 116 cm³/mol. The van der Waals surface area contributed by atoms with E-state index in [0.29, 0.717) is 23.5 Å². The predicted octanol–water partition coefficient (Wildman–Crippen LogP) is 2.76. The molecule has 158 valence electrons. The third-order valence-electron chi connectivity index (χ3n) is 4.36. The monoisotopic (exact) mass is 435 g/mol. The summed E-state index contributed by atoms with van der Waals surface area (Å²) in [6.45, 7) is 0.620. The second-order valence-corrected chi connectivity index (χ2v) is 8.98. The molecule has 0 aliphatic carbocycles. The lowest BCUT2D eigenvalue weighted by atomic mass is 10.2. The first-order valence-corrected chi connectivity index (χ1v) is 11.3. The normalized spacial score (nSPS) is 10.8. The lowest BCUT2D eigenvalue weighted by Crippen LogP contribution is -2.30. The molecule has 1 amide bonds. The van der Waals surface area contributed by atoms with E-state index in [1.807, 2.05) is 30.3 Å². The fraction of sp³-hybridized carbons (Fsp3) is 0.174. The molecule has 3 rings (SSSR count). The zero-order valence-electron chi connectivity index (χ0n) is 16.7. The minimum Gasteiger partial charge on any atom is -0.489 e. The smallest absolute Gasteiger partial charge is 0.235 e. The second kappa shape index (κ2) is 10.4. The zero-order valence-corrected chi connectivity index (χ0v) is 17.5. The number of nitrogens with zero attached hydrogens (tertiary/aromatic N) is 2. The summed E-state index contributed by atoms with van der Waals surface area (Å²) in [6.07, 6.45) is 3.43. The Hall–Kier alpha value is -3.70. The van der Waals surface area contributed by atoms with E-state index in [1.165, 1.54) is 0 Å². The summed E-state index contributed by atoms with van der Waals surface area (Å²) in [5.74, 6) is -0.733. The van der Waals surface area contributed by atoms with Crippen LogP contribution in [0.25, 0.3) is 0 Å². The number of hydrogen-bond acceptors (Lipinski definition) is 6. The number of carbonyl (C=O) groups excluding carboxylic acids is 1. The molecule has 0 radical (unpaired) electrons. The van der Waals surface area contributed by atoms with E-state index < -0.39 is 21.5 Å². The van der Waals surface area contributed by atoms with Crippen molar-refractivity contribution in [3.8, 4) is 11.8 Å². The van der Waals surface area contributed by atoms with E-state index in [9.17, 15) is 13.2 Å². The molecular weight excluding hydrogens is 414 g/mol. The second-order valence-electron chi connectivity index (χ2n) is 6.91. The van der Waals surface area contributed by atoms with Crippen molar-refractivity contribution < 1.29 is 17.9 Å². The third-order valence-corrected chi connectivity index (χ3v) is 5.84. The first kappa shape index (κ1) is 22.0. The van der Waals surface area contributed by atoms with Crippen LogP contribution in [0.1, 0.15) is 22.3 Å². The van der Waals surface area contributed by atoms with Crippen molar-refractivity contribution in [3.05, 3.63) is 95.3 Å². The lowest BCUT2D eigenvalue weighted by Gasteiger charge is -2.09. The van der Waals surface area contributed by atoms with Crippen LogP contribution in [0.4, 0.5) is 0 Å². The molecule has 0 aliphatic rings. The number of hydrogen-bond donors (Lipinski definition) is 1. The Morgan fingerprint density at radius 2 is 1.71 bits per heavy atom. The number of ether oxygens (including phenoxy) is 1. The number of rotatable bonds is 9. The molecule has 1 N–H and O–H groups in total.